The van der Waals surface area contributed by atoms with Crippen LogP contribution in [0.3, 0.4) is 0 Å². The van der Waals surface area contributed by atoms with E-state index >= 15 is 0 Å². The second-order valence-corrected chi connectivity index (χ2v) is 10.4. The number of halogens is 1. The largest absolute Gasteiger partial charge is 0.490 e. The number of aliphatic imine (C=N–C) groups is 1. The molecule has 2 aliphatic rings. The van der Waals surface area contributed by atoms with Crippen LogP contribution < -0.4 is 14.8 Å². The molecule has 3 aromatic rings. The molecule has 0 spiro atoms. The summed E-state index contributed by atoms with van der Waals surface area (Å²) < 4.78 is 12.6. The van der Waals surface area contributed by atoms with Crippen molar-refractivity contribution in [1.82, 2.24) is 0 Å². The SMILES string of the molecule is CCCOc1c(Br)cc(C=Nc2ccc([C@@H]3Nc4ccc(C)cc4[C@H]4C=CC[C@H]43)cc2)cc1OCC. The van der Waals surface area contributed by atoms with Gasteiger partial charge in [0.15, 0.2) is 11.5 Å². The molecule has 5 rings (SSSR count). The van der Waals surface area contributed by atoms with Gasteiger partial charge in [-0.05, 0) is 95.6 Å². The molecular formula is C31H33BrN2O2. The zero-order chi connectivity index (χ0) is 25.1. The molecule has 1 heterocycles. The van der Waals surface area contributed by atoms with Crippen LogP contribution in [0.4, 0.5) is 11.4 Å². The fraction of sp³-hybridized carbons (Fsp3) is 0.323. The highest BCUT2D eigenvalue weighted by molar-refractivity contribution is 9.10. The Bertz CT molecular complexity index is 1280. The lowest BCUT2D eigenvalue weighted by Gasteiger charge is -2.37. The molecule has 5 heteroatoms. The summed E-state index contributed by atoms with van der Waals surface area (Å²) in [6.45, 7) is 7.47. The van der Waals surface area contributed by atoms with Crippen molar-refractivity contribution in [2.45, 2.75) is 45.6 Å². The monoisotopic (exact) mass is 544 g/mol. The van der Waals surface area contributed by atoms with Gasteiger partial charge >= 0.3 is 0 Å². The average Bonchev–Trinajstić information content (AvgIpc) is 3.38. The zero-order valence-corrected chi connectivity index (χ0v) is 22.7. The molecule has 186 valence electrons. The molecule has 0 saturated carbocycles. The molecule has 0 aromatic heterocycles. The summed E-state index contributed by atoms with van der Waals surface area (Å²) in [5.41, 5.74) is 7.18. The summed E-state index contributed by atoms with van der Waals surface area (Å²) in [5.74, 6) is 2.50. The summed E-state index contributed by atoms with van der Waals surface area (Å²) >= 11 is 3.64. The molecule has 1 aliphatic carbocycles. The number of ether oxygens (including phenoxy) is 2. The molecule has 36 heavy (non-hydrogen) atoms. The van der Waals surface area contributed by atoms with Gasteiger partial charge in [-0.25, -0.2) is 0 Å². The van der Waals surface area contributed by atoms with E-state index in [2.05, 4.69) is 89.7 Å². The summed E-state index contributed by atoms with van der Waals surface area (Å²) in [6.07, 6.45) is 8.65. The molecule has 1 aliphatic heterocycles. The maximum absolute atomic E-state index is 5.89. The van der Waals surface area contributed by atoms with Crippen molar-refractivity contribution in [1.29, 1.82) is 0 Å². The van der Waals surface area contributed by atoms with E-state index in [1.165, 1.54) is 22.4 Å². The fourth-order valence-electron chi connectivity index (χ4n) is 5.23. The first-order chi connectivity index (χ1) is 17.6. The smallest absolute Gasteiger partial charge is 0.175 e. The van der Waals surface area contributed by atoms with Crippen LogP contribution in [-0.4, -0.2) is 19.4 Å². The Hall–Kier alpha value is -3.05. The highest BCUT2D eigenvalue weighted by Gasteiger charge is 2.37. The number of benzene rings is 3. The van der Waals surface area contributed by atoms with Crippen LogP contribution in [-0.2, 0) is 0 Å². The molecule has 1 N–H and O–H groups in total. The first-order valence-corrected chi connectivity index (χ1v) is 13.6. The lowest BCUT2D eigenvalue weighted by Crippen LogP contribution is -2.29. The summed E-state index contributed by atoms with van der Waals surface area (Å²) in [5, 5.41) is 3.82. The molecule has 0 fully saturated rings. The van der Waals surface area contributed by atoms with Crippen molar-refractivity contribution in [3.63, 3.8) is 0 Å². The molecule has 0 amide bonds. The standard InChI is InChI=1S/C31H33BrN2O2/c1-4-15-36-31-27(32)17-21(18-29(31)35-5-2)19-33-23-12-10-22(11-13-23)30-25-8-6-7-24(25)26-16-20(3)9-14-28(26)34-30/h6-7,9-14,16-19,24-25,30,34H,4-5,8,15H2,1-3H3/t24-,25+,30-/m0/s1. The Morgan fingerprint density at radius 1 is 1.06 bits per heavy atom. The molecule has 0 bridgehead atoms. The Balaban J connectivity index is 1.34. The summed E-state index contributed by atoms with van der Waals surface area (Å²) in [4.78, 5) is 4.73. The quantitative estimate of drug-likeness (QED) is 0.228. The van der Waals surface area contributed by atoms with Crippen LogP contribution in [0.2, 0.25) is 0 Å². The van der Waals surface area contributed by atoms with Crippen molar-refractivity contribution >= 4 is 33.5 Å². The average molecular weight is 546 g/mol. The molecule has 0 unspecified atom stereocenters. The van der Waals surface area contributed by atoms with E-state index in [1.807, 2.05) is 25.3 Å². The van der Waals surface area contributed by atoms with E-state index in [0.29, 0.717) is 31.1 Å². The Labute approximate surface area is 222 Å². The van der Waals surface area contributed by atoms with Crippen LogP contribution in [0.15, 0.2) is 76.2 Å². The van der Waals surface area contributed by atoms with E-state index in [4.69, 9.17) is 14.5 Å². The third-order valence-electron chi connectivity index (χ3n) is 6.92. The van der Waals surface area contributed by atoms with Gasteiger partial charge in [-0.2, -0.15) is 0 Å². The number of hydrogen-bond donors (Lipinski definition) is 1. The van der Waals surface area contributed by atoms with Crippen molar-refractivity contribution < 1.29 is 9.47 Å². The van der Waals surface area contributed by atoms with Gasteiger partial charge in [0.1, 0.15) is 0 Å². The van der Waals surface area contributed by atoms with Crippen LogP contribution in [0.1, 0.15) is 60.9 Å². The molecule has 3 atom stereocenters. The van der Waals surface area contributed by atoms with E-state index in [0.717, 1.165) is 40.1 Å². The topological polar surface area (TPSA) is 42.8 Å². The van der Waals surface area contributed by atoms with Gasteiger partial charge in [0.2, 0.25) is 0 Å². The number of anilines is 1. The maximum atomic E-state index is 5.89. The van der Waals surface area contributed by atoms with Crippen molar-refractivity contribution in [2.24, 2.45) is 10.9 Å². The molecule has 0 radical (unpaired) electrons. The van der Waals surface area contributed by atoms with E-state index < -0.39 is 0 Å². The number of nitrogens with one attached hydrogen (secondary N) is 1. The predicted molar refractivity (Wildman–Crippen MR) is 152 cm³/mol. The number of aryl methyl sites for hydroxylation is 1. The number of allylic oxidation sites excluding steroid dienone is 2. The van der Waals surface area contributed by atoms with Gasteiger partial charge in [0.05, 0.1) is 29.4 Å². The highest BCUT2D eigenvalue weighted by atomic mass is 79.9. The van der Waals surface area contributed by atoms with Crippen molar-refractivity contribution in [3.05, 3.63) is 93.5 Å². The maximum Gasteiger partial charge on any atom is 0.175 e. The lowest BCUT2D eigenvalue weighted by molar-refractivity contribution is 0.275. The number of rotatable bonds is 8. The molecule has 4 nitrogen and oxygen atoms in total. The van der Waals surface area contributed by atoms with E-state index in [9.17, 15) is 0 Å². The first kappa shape index (κ1) is 24.6. The van der Waals surface area contributed by atoms with Gasteiger partial charge in [0.25, 0.3) is 0 Å². The zero-order valence-electron chi connectivity index (χ0n) is 21.1. The lowest BCUT2D eigenvalue weighted by atomic mass is 9.76. The van der Waals surface area contributed by atoms with Gasteiger partial charge in [-0.15, -0.1) is 0 Å². The number of nitrogens with zero attached hydrogens (tertiary/aromatic N) is 1. The predicted octanol–water partition coefficient (Wildman–Crippen LogP) is 8.52. The highest BCUT2D eigenvalue weighted by Crippen LogP contribution is 2.50. The third-order valence-corrected chi connectivity index (χ3v) is 7.50. The van der Waals surface area contributed by atoms with Gasteiger partial charge in [-0.3, -0.25) is 4.99 Å². The fourth-order valence-corrected chi connectivity index (χ4v) is 5.80. The minimum Gasteiger partial charge on any atom is -0.490 e. The Morgan fingerprint density at radius 3 is 2.67 bits per heavy atom. The van der Waals surface area contributed by atoms with Crippen molar-refractivity contribution in [3.8, 4) is 11.5 Å². The van der Waals surface area contributed by atoms with Gasteiger partial charge in [-0.1, -0.05) is 48.9 Å². The first-order valence-electron chi connectivity index (χ1n) is 12.8. The second kappa shape index (κ2) is 10.9. The van der Waals surface area contributed by atoms with Gasteiger partial charge in [0, 0.05) is 17.8 Å². The van der Waals surface area contributed by atoms with Gasteiger partial charge < -0.3 is 14.8 Å². The Kier molecular flexibility index (Phi) is 7.47. The number of hydrogen-bond acceptors (Lipinski definition) is 4. The van der Waals surface area contributed by atoms with Crippen molar-refractivity contribution in [2.75, 3.05) is 18.5 Å². The third kappa shape index (κ3) is 5.08. The van der Waals surface area contributed by atoms with E-state index in [-0.39, 0.29) is 0 Å². The minimum absolute atomic E-state index is 0.290. The summed E-state index contributed by atoms with van der Waals surface area (Å²) in [6, 6.07) is 19.7. The molecule has 3 aromatic carbocycles. The molecule has 0 saturated heterocycles. The summed E-state index contributed by atoms with van der Waals surface area (Å²) in [7, 11) is 0. The second-order valence-electron chi connectivity index (χ2n) is 9.53. The number of fused-ring (bicyclic) bond motifs is 3. The minimum atomic E-state index is 0.290. The van der Waals surface area contributed by atoms with E-state index in [1.54, 1.807) is 0 Å². The normalized spacial score (nSPS) is 20.2. The van der Waals surface area contributed by atoms with Crippen LogP contribution >= 0.6 is 15.9 Å². The van der Waals surface area contributed by atoms with Crippen LogP contribution in [0.5, 0.6) is 11.5 Å². The van der Waals surface area contributed by atoms with Crippen LogP contribution in [0, 0.1) is 12.8 Å². The Morgan fingerprint density at radius 2 is 1.89 bits per heavy atom. The van der Waals surface area contributed by atoms with Crippen LogP contribution in [0.25, 0.3) is 0 Å². The molecular weight excluding hydrogens is 512 g/mol.